The Hall–Kier alpha value is -1.41. The number of carbonyl (C=O) groups is 1. The zero-order valence-corrected chi connectivity index (χ0v) is 14.9. The number of rotatable bonds is 7. The Morgan fingerprint density at radius 3 is 2.48 bits per heavy atom. The number of aromatic nitrogens is 2. The fraction of sp³-hybridized carbons (Fsp3) is 0.733. The van der Waals surface area contributed by atoms with E-state index in [4.69, 9.17) is 0 Å². The van der Waals surface area contributed by atoms with Crippen LogP contribution in [-0.2, 0) is 21.9 Å². The van der Waals surface area contributed by atoms with Gasteiger partial charge < -0.3 is 5.32 Å². The zero-order chi connectivity index (χ0) is 17.0. The lowest BCUT2D eigenvalue weighted by atomic mass is 10.0. The van der Waals surface area contributed by atoms with Crippen LogP contribution in [0.2, 0.25) is 0 Å². The first kappa shape index (κ1) is 17.9. The summed E-state index contributed by atoms with van der Waals surface area (Å²) in [6, 6.07) is 0. The summed E-state index contributed by atoms with van der Waals surface area (Å²) < 4.78 is 28.7. The number of nitrogens with one attached hydrogen (secondary N) is 2. The first-order chi connectivity index (χ1) is 10.8. The number of nitrogens with zero attached hydrogens (tertiary/aromatic N) is 2. The SMILES string of the molecule is Cc1nn(C)c(C)c1S(=O)(=O)NCCNC(=O)CC1CCCC1. The molecule has 1 aliphatic carbocycles. The molecule has 1 fully saturated rings. The lowest BCUT2D eigenvalue weighted by Crippen LogP contribution is -2.35. The second-order valence-corrected chi connectivity index (χ2v) is 7.93. The minimum Gasteiger partial charge on any atom is -0.355 e. The lowest BCUT2D eigenvalue weighted by Gasteiger charge is -2.10. The van der Waals surface area contributed by atoms with E-state index in [1.807, 2.05) is 0 Å². The molecule has 130 valence electrons. The summed E-state index contributed by atoms with van der Waals surface area (Å²) in [6.07, 6.45) is 5.22. The van der Waals surface area contributed by atoms with Crippen LogP contribution in [0.5, 0.6) is 0 Å². The van der Waals surface area contributed by atoms with Crippen molar-refractivity contribution in [3.05, 3.63) is 11.4 Å². The van der Waals surface area contributed by atoms with Gasteiger partial charge in [-0.05, 0) is 32.6 Å². The van der Waals surface area contributed by atoms with E-state index in [1.165, 1.54) is 12.8 Å². The molecular formula is C15H26N4O3S. The minimum atomic E-state index is -3.61. The van der Waals surface area contributed by atoms with Crippen LogP contribution in [0, 0.1) is 19.8 Å². The minimum absolute atomic E-state index is 0.00448. The standard InChI is InChI=1S/C15H26N4O3S/c1-11-15(12(2)19(3)18-11)23(21,22)17-9-8-16-14(20)10-13-6-4-5-7-13/h13,17H,4-10H2,1-3H3,(H,16,20). The number of aryl methyl sites for hydroxylation is 2. The Bertz CT molecular complexity index is 661. The van der Waals surface area contributed by atoms with Crippen molar-refractivity contribution in [1.82, 2.24) is 19.8 Å². The van der Waals surface area contributed by atoms with Crippen molar-refractivity contribution >= 4 is 15.9 Å². The summed E-state index contributed by atoms with van der Waals surface area (Å²) >= 11 is 0. The molecule has 1 aromatic rings. The fourth-order valence-electron chi connectivity index (χ4n) is 3.15. The molecule has 1 saturated carbocycles. The molecule has 1 aliphatic rings. The van der Waals surface area contributed by atoms with Gasteiger partial charge in [-0.1, -0.05) is 12.8 Å². The molecule has 0 atom stereocenters. The lowest BCUT2D eigenvalue weighted by molar-refractivity contribution is -0.121. The number of hydrogen-bond acceptors (Lipinski definition) is 4. The fourth-order valence-corrected chi connectivity index (χ4v) is 4.62. The maximum atomic E-state index is 12.3. The van der Waals surface area contributed by atoms with Gasteiger partial charge in [0.2, 0.25) is 15.9 Å². The Morgan fingerprint density at radius 2 is 1.91 bits per heavy atom. The molecule has 2 rings (SSSR count). The average Bonchev–Trinajstić information content (AvgIpc) is 3.04. The molecule has 0 bridgehead atoms. The molecule has 7 nitrogen and oxygen atoms in total. The van der Waals surface area contributed by atoms with Crippen LogP contribution in [0.1, 0.15) is 43.5 Å². The van der Waals surface area contributed by atoms with Gasteiger partial charge in [-0.15, -0.1) is 0 Å². The van der Waals surface area contributed by atoms with Gasteiger partial charge in [0.05, 0.1) is 11.4 Å². The predicted molar refractivity (Wildman–Crippen MR) is 87.5 cm³/mol. The number of carbonyl (C=O) groups excluding carboxylic acids is 1. The zero-order valence-electron chi connectivity index (χ0n) is 14.1. The molecule has 0 spiro atoms. The molecule has 0 radical (unpaired) electrons. The number of sulfonamides is 1. The smallest absolute Gasteiger partial charge is 0.244 e. The highest BCUT2D eigenvalue weighted by Gasteiger charge is 2.23. The summed E-state index contributed by atoms with van der Waals surface area (Å²) in [4.78, 5) is 12.0. The topological polar surface area (TPSA) is 93.1 Å². The van der Waals surface area contributed by atoms with Crippen molar-refractivity contribution < 1.29 is 13.2 Å². The summed E-state index contributed by atoms with van der Waals surface area (Å²) in [7, 11) is -1.89. The third kappa shape index (κ3) is 4.54. The van der Waals surface area contributed by atoms with Gasteiger partial charge in [-0.3, -0.25) is 9.48 Å². The second-order valence-electron chi connectivity index (χ2n) is 6.23. The third-order valence-electron chi connectivity index (χ3n) is 4.40. The largest absolute Gasteiger partial charge is 0.355 e. The molecule has 1 amide bonds. The van der Waals surface area contributed by atoms with Gasteiger partial charge in [0, 0.05) is 26.6 Å². The maximum absolute atomic E-state index is 12.3. The van der Waals surface area contributed by atoms with Crippen molar-refractivity contribution in [2.24, 2.45) is 13.0 Å². The molecular weight excluding hydrogens is 316 g/mol. The van der Waals surface area contributed by atoms with Crippen molar-refractivity contribution in [1.29, 1.82) is 0 Å². The Balaban J connectivity index is 1.79. The predicted octanol–water partition coefficient (Wildman–Crippen LogP) is 1.01. The van der Waals surface area contributed by atoms with E-state index in [1.54, 1.807) is 25.6 Å². The van der Waals surface area contributed by atoms with Gasteiger partial charge in [0.1, 0.15) is 4.90 Å². The Kier molecular flexibility index (Phi) is 5.80. The van der Waals surface area contributed by atoms with E-state index in [2.05, 4.69) is 15.1 Å². The molecule has 0 unspecified atom stereocenters. The van der Waals surface area contributed by atoms with Gasteiger partial charge in [0.25, 0.3) is 0 Å². The van der Waals surface area contributed by atoms with Crippen molar-refractivity contribution in [3.8, 4) is 0 Å². The van der Waals surface area contributed by atoms with E-state index in [0.29, 0.717) is 30.3 Å². The van der Waals surface area contributed by atoms with Crippen LogP contribution in [0.3, 0.4) is 0 Å². The van der Waals surface area contributed by atoms with E-state index in [9.17, 15) is 13.2 Å². The van der Waals surface area contributed by atoms with E-state index in [-0.39, 0.29) is 17.3 Å². The molecule has 0 aliphatic heterocycles. The van der Waals surface area contributed by atoms with Crippen molar-refractivity contribution in [2.45, 2.75) is 50.8 Å². The monoisotopic (exact) mass is 342 g/mol. The van der Waals surface area contributed by atoms with Gasteiger partial charge in [-0.25, -0.2) is 13.1 Å². The first-order valence-corrected chi connectivity index (χ1v) is 9.56. The van der Waals surface area contributed by atoms with Crippen LogP contribution in [0.4, 0.5) is 0 Å². The van der Waals surface area contributed by atoms with Crippen molar-refractivity contribution in [3.63, 3.8) is 0 Å². The van der Waals surface area contributed by atoms with Gasteiger partial charge in [0.15, 0.2) is 0 Å². The molecule has 1 heterocycles. The quantitative estimate of drug-likeness (QED) is 0.723. The van der Waals surface area contributed by atoms with E-state index in [0.717, 1.165) is 12.8 Å². The van der Waals surface area contributed by atoms with E-state index < -0.39 is 10.0 Å². The molecule has 0 saturated heterocycles. The van der Waals surface area contributed by atoms with Crippen LogP contribution in [-0.4, -0.2) is 37.2 Å². The molecule has 1 aromatic heterocycles. The summed E-state index contributed by atoms with van der Waals surface area (Å²) in [5, 5.41) is 6.90. The Labute approximate surface area is 137 Å². The van der Waals surface area contributed by atoms with Gasteiger partial charge in [-0.2, -0.15) is 5.10 Å². The summed E-state index contributed by atoms with van der Waals surface area (Å²) in [5.41, 5.74) is 1.07. The van der Waals surface area contributed by atoms with Crippen LogP contribution in [0.25, 0.3) is 0 Å². The Morgan fingerprint density at radius 1 is 1.26 bits per heavy atom. The highest BCUT2D eigenvalue weighted by atomic mass is 32.2. The number of amides is 1. The van der Waals surface area contributed by atoms with Crippen LogP contribution >= 0.6 is 0 Å². The highest BCUT2D eigenvalue weighted by molar-refractivity contribution is 7.89. The maximum Gasteiger partial charge on any atom is 0.244 e. The summed E-state index contributed by atoms with van der Waals surface area (Å²) in [6.45, 7) is 3.86. The highest BCUT2D eigenvalue weighted by Crippen LogP contribution is 2.27. The molecule has 8 heteroatoms. The third-order valence-corrected chi connectivity index (χ3v) is 6.11. The molecule has 2 N–H and O–H groups in total. The average molecular weight is 342 g/mol. The second kappa shape index (κ2) is 7.44. The number of hydrogen-bond donors (Lipinski definition) is 2. The van der Waals surface area contributed by atoms with Gasteiger partial charge >= 0.3 is 0 Å². The van der Waals surface area contributed by atoms with Crippen molar-refractivity contribution in [2.75, 3.05) is 13.1 Å². The van der Waals surface area contributed by atoms with Crippen LogP contribution in [0.15, 0.2) is 4.90 Å². The van der Waals surface area contributed by atoms with Crippen LogP contribution < -0.4 is 10.0 Å². The normalized spacial score (nSPS) is 16.0. The van der Waals surface area contributed by atoms with E-state index >= 15 is 0 Å². The molecule has 0 aromatic carbocycles. The summed E-state index contributed by atoms with van der Waals surface area (Å²) in [5.74, 6) is 0.497. The first-order valence-electron chi connectivity index (χ1n) is 8.08. The molecule has 23 heavy (non-hydrogen) atoms.